The van der Waals surface area contributed by atoms with E-state index in [0.29, 0.717) is 41.1 Å². The van der Waals surface area contributed by atoms with Gasteiger partial charge >= 0.3 is 6.36 Å². The molecule has 0 spiro atoms. The van der Waals surface area contributed by atoms with Crippen molar-refractivity contribution >= 4 is 16.9 Å². The average Bonchev–Trinajstić information content (AvgIpc) is 3.59. The summed E-state index contributed by atoms with van der Waals surface area (Å²) in [4.78, 5) is 24.2. The Hall–Kier alpha value is -4.73. The van der Waals surface area contributed by atoms with Gasteiger partial charge in [0, 0.05) is 49.1 Å². The zero-order valence-electron chi connectivity index (χ0n) is 21.7. The summed E-state index contributed by atoms with van der Waals surface area (Å²) >= 11 is 0. The van der Waals surface area contributed by atoms with Crippen LogP contribution in [0.25, 0.3) is 22.4 Å². The normalized spacial score (nSPS) is 15.4. The summed E-state index contributed by atoms with van der Waals surface area (Å²) in [6.07, 6.45) is -0.450. The number of pyridine rings is 1. The molecule has 41 heavy (non-hydrogen) atoms. The van der Waals surface area contributed by atoms with E-state index in [1.807, 2.05) is 27.8 Å². The summed E-state index contributed by atoms with van der Waals surface area (Å²) in [5, 5.41) is 0. The third kappa shape index (κ3) is 5.77. The van der Waals surface area contributed by atoms with Crippen molar-refractivity contribution in [1.82, 2.24) is 19.4 Å². The minimum atomic E-state index is -4.84. The van der Waals surface area contributed by atoms with Crippen LogP contribution in [0.4, 0.5) is 17.6 Å². The highest BCUT2D eigenvalue weighted by Crippen LogP contribution is 2.32. The van der Waals surface area contributed by atoms with Crippen LogP contribution < -0.4 is 4.74 Å². The van der Waals surface area contributed by atoms with Crippen LogP contribution in [-0.4, -0.2) is 44.8 Å². The molecule has 10 heteroatoms. The minimum Gasteiger partial charge on any atom is -0.406 e. The van der Waals surface area contributed by atoms with Gasteiger partial charge in [0.1, 0.15) is 17.4 Å². The highest BCUT2D eigenvalue weighted by molar-refractivity contribution is 5.98. The van der Waals surface area contributed by atoms with Gasteiger partial charge in [0.2, 0.25) is 0 Å². The number of halogens is 4. The van der Waals surface area contributed by atoms with Crippen molar-refractivity contribution in [3.8, 4) is 17.1 Å². The number of carbonyl (C=O) groups excluding carboxylic acids is 1. The van der Waals surface area contributed by atoms with Crippen LogP contribution in [0.15, 0.2) is 91.3 Å². The maximum Gasteiger partial charge on any atom is 0.573 e. The number of amides is 1. The van der Waals surface area contributed by atoms with Crippen LogP contribution in [-0.2, 0) is 6.54 Å². The molecule has 1 aliphatic heterocycles. The number of imidazole rings is 1. The lowest BCUT2D eigenvalue weighted by Crippen LogP contribution is -2.28. The van der Waals surface area contributed by atoms with Crippen molar-refractivity contribution in [3.63, 3.8) is 0 Å². The van der Waals surface area contributed by atoms with Gasteiger partial charge in [0.25, 0.3) is 5.91 Å². The number of aromatic nitrogens is 3. The largest absolute Gasteiger partial charge is 0.573 e. The molecule has 1 unspecified atom stereocenters. The summed E-state index contributed by atoms with van der Waals surface area (Å²) in [6.45, 7) is 1.48. The van der Waals surface area contributed by atoms with Crippen molar-refractivity contribution in [2.75, 3.05) is 13.1 Å². The fourth-order valence-corrected chi connectivity index (χ4v) is 5.26. The lowest BCUT2D eigenvalue weighted by Gasteiger charge is -2.17. The smallest absolute Gasteiger partial charge is 0.406 e. The van der Waals surface area contributed by atoms with Crippen LogP contribution in [0.5, 0.6) is 5.75 Å². The average molecular weight is 561 g/mol. The van der Waals surface area contributed by atoms with Gasteiger partial charge in [0.05, 0.1) is 11.0 Å². The van der Waals surface area contributed by atoms with E-state index in [-0.39, 0.29) is 29.9 Å². The Morgan fingerprint density at radius 1 is 1.00 bits per heavy atom. The highest BCUT2D eigenvalue weighted by Gasteiger charge is 2.31. The van der Waals surface area contributed by atoms with Gasteiger partial charge < -0.3 is 14.2 Å². The molecule has 3 aromatic carbocycles. The second-order valence-corrected chi connectivity index (χ2v) is 9.95. The molecule has 1 aliphatic rings. The molecular weight excluding hydrogens is 536 g/mol. The molecule has 6 rings (SSSR count). The summed E-state index contributed by atoms with van der Waals surface area (Å²) in [5.41, 5.74) is 3.93. The van der Waals surface area contributed by atoms with Crippen LogP contribution in [0, 0.1) is 5.82 Å². The Kier molecular flexibility index (Phi) is 6.90. The Morgan fingerprint density at radius 3 is 2.59 bits per heavy atom. The number of fused-ring (bicyclic) bond motifs is 1. The third-order valence-corrected chi connectivity index (χ3v) is 7.21. The van der Waals surface area contributed by atoms with Crippen LogP contribution in [0.2, 0.25) is 0 Å². The van der Waals surface area contributed by atoms with Crippen molar-refractivity contribution in [1.29, 1.82) is 0 Å². The van der Waals surface area contributed by atoms with Crippen LogP contribution in [0.1, 0.15) is 33.8 Å². The van der Waals surface area contributed by atoms with Crippen molar-refractivity contribution in [3.05, 3.63) is 114 Å². The standard InChI is InChI=1S/C31H24F4N4O2/c32-25-9-6-20(7-10-25)18-39-28-11-8-22(30(40)38-14-12-24(19-38)23-4-2-13-36-17-23)16-27(28)37-29(39)21-3-1-5-26(15-21)41-31(33,34)35/h1-11,13,15-17,24H,12,14,18-19H2. The molecule has 2 aromatic heterocycles. The molecule has 1 fully saturated rings. The number of likely N-dealkylation sites (tertiary alicyclic amines) is 1. The van der Waals surface area contributed by atoms with Gasteiger partial charge in [-0.25, -0.2) is 9.37 Å². The van der Waals surface area contributed by atoms with E-state index in [1.54, 1.807) is 42.6 Å². The van der Waals surface area contributed by atoms with Gasteiger partial charge in [-0.1, -0.05) is 30.3 Å². The molecule has 5 aromatic rings. The van der Waals surface area contributed by atoms with E-state index < -0.39 is 6.36 Å². The minimum absolute atomic E-state index is 0.117. The number of benzene rings is 3. The van der Waals surface area contributed by atoms with Crippen LogP contribution in [0.3, 0.4) is 0 Å². The first-order chi connectivity index (χ1) is 19.7. The number of rotatable bonds is 6. The van der Waals surface area contributed by atoms with Gasteiger partial charge in [0.15, 0.2) is 0 Å². The monoisotopic (exact) mass is 560 g/mol. The predicted octanol–water partition coefficient (Wildman–Crippen LogP) is 6.81. The van der Waals surface area contributed by atoms with Crippen LogP contribution >= 0.6 is 0 Å². The Labute approximate surface area is 232 Å². The second-order valence-electron chi connectivity index (χ2n) is 9.95. The van der Waals surface area contributed by atoms with Crippen molar-refractivity contribution in [2.24, 2.45) is 0 Å². The zero-order chi connectivity index (χ0) is 28.6. The Balaban J connectivity index is 1.35. The van der Waals surface area contributed by atoms with Gasteiger partial charge in [-0.2, -0.15) is 0 Å². The van der Waals surface area contributed by atoms with E-state index >= 15 is 0 Å². The Morgan fingerprint density at radius 2 is 1.83 bits per heavy atom. The molecule has 6 nitrogen and oxygen atoms in total. The number of alkyl halides is 3. The van der Waals surface area contributed by atoms with Crippen molar-refractivity contribution < 1.29 is 27.1 Å². The van der Waals surface area contributed by atoms with Gasteiger partial charge in [-0.05, 0) is 66.1 Å². The number of hydrogen-bond donors (Lipinski definition) is 0. The van der Waals surface area contributed by atoms with E-state index in [9.17, 15) is 22.4 Å². The number of carbonyl (C=O) groups is 1. The van der Waals surface area contributed by atoms with Gasteiger partial charge in [-0.15, -0.1) is 13.2 Å². The third-order valence-electron chi connectivity index (χ3n) is 7.21. The Bertz CT molecular complexity index is 1700. The highest BCUT2D eigenvalue weighted by atomic mass is 19.4. The molecule has 0 radical (unpaired) electrons. The number of nitrogens with zero attached hydrogens (tertiary/aromatic N) is 4. The van der Waals surface area contributed by atoms with E-state index in [4.69, 9.17) is 4.98 Å². The SMILES string of the molecule is O=C(c1ccc2c(c1)nc(-c1cccc(OC(F)(F)F)c1)n2Cc1ccc(F)cc1)N1CCC(c2cccnc2)C1. The maximum absolute atomic E-state index is 13.5. The zero-order valence-corrected chi connectivity index (χ0v) is 21.7. The van der Waals surface area contributed by atoms with Gasteiger partial charge in [-0.3, -0.25) is 9.78 Å². The first-order valence-electron chi connectivity index (χ1n) is 13.0. The summed E-state index contributed by atoms with van der Waals surface area (Å²) < 4.78 is 58.2. The molecule has 1 saturated heterocycles. The first-order valence-corrected chi connectivity index (χ1v) is 13.0. The molecule has 0 bridgehead atoms. The van der Waals surface area contributed by atoms with Crippen molar-refractivity contribution in [2.45, 2.75) is 25.2 Å². The molecule has 0 aliphatic carbocycles. The molecule has 208 valence electrons. The first kappa shape index (κ1) is 26.5. The molecular formula is C31H24F4N4O2. The lowest BCUT2D eigenvalue weighted by atomic mass is 10.0. The van der Waals surface area contributed by atoms with E-state index in [0.717, 1.165) is 17.5 Å². The molecule has 1 amide bonds. The second kappa shape index (κ2) is 10.7. The fraction of sp³-hybridized carbons (Fsp3) is 0.194. The summed E-state index contributed by atoms with van der Waals surface area (Å²) in [6, 6.07) is 20.7. The van der Waals surface area contributed by atoms with E-state index in [2.05, 4.69) is 9.72 Å². The molecule has 0 saturated carbocycles. The summed E-state index contributed by atoms with van der Waals surface area (Å²) in [5.74, 6) is -0.266. The fourth-order valence-electron chi connectivity index (χ4n) is 5.26. The number of ether oxygens (including phenoxy) is 1. The molecule has 1 atom stereocenters. The molecule has 0 N–H and O–H groups in total. The maximum atomic E-state index is 13.5. The van der Waals surface area contributed by atoms with E-state index in [1.165, 1.54) is 30.3 Å². The lowest BCUT2D eigenvalue weighted by molar-refractivity contribution is -0.274. The number of hydrogen-bond acceptors (Lipinski definition) is 4. The topological polar surface area (TPSA) is 60.2 Å². The quantitative estimate of drug-likeness (QED) is 0.214. The predicted molar refractivity (Wildman–Crippen MR) is 145 cm³/mol. The summed E-state index contributed by atoms with van der Waals surface area (Å²) in [7, 11) is 0. The molecule has 3 heterocycles.